The van der Waals surface area contributed by atoms with Gasteiger partial charge in [-0.2, -0.15) is 4.73 Å². The number of nitrogens with zero attached hydrogens (tertiary/aromatic N) is 7. The van der Waals surface area contributed by atoms with Gasteiger partial charge in [0, 0.05) is 38.0 Å². The highest BCUT2D eigenvalue weighted by Crippen LogP contribution is 2.44. The van der Waals surface area contributed by atoms with Crippen molar-refractivity contribution in [1.82, 2.24) is 19.0 Å². The minimum absolute atomic E-state index is 0.0652. The Bertz CT molecular complexity index is 1810. The van der Waals surface area contributed by atoms with Crippen LogP contribution < -0.4 is 14.2 Å². The zero-order valence-electron chi connectivity index (χ0n) is 29.6. The molecule has 0 bridgehead atoms. The molecule has 13 nitrogen and oxygen atoms in total. The van der Waals surface area contributed by atoms with E-state index in [-0.39, 0.29) is 46.7 Å². The number of benzene rings is 1. The molecule has 3 aromatic heterocycles. The first kappa shape index (κ1) is 34.3. The molecule has 2 aliphatic rings. The molecule has 1 saturated carbocycles. The number of hydrogen-bond acceptors (Lipinski definition) is 8. The third kappa shape index (κ3) is 5.68. The Morgan fingerprint density at radius 3 is 2.35 bits per heavy atom. The minimum atomic E-state index is -1.38. The minimum Gasteiger partial charge on any atom is -0.710 e. The summed E-state index contributed by atoms with van der Waals surface area (Å²) in [4.78, 5) is 7.38. The summed E-state index contributed by atoms with van der Waals surface area (Å²) in [6.45, 7) is 17.6. The van der Waals surface area contributed by atoms with Gasteiger partial charge in [-0.25, -0.2) is 9.71 Å². The lowest BCUT2D eigenvalue weighted by atomic mass is 9.68. The summed E-state index contributed by atoms with van der Waals surface area (Å²) in [5, 5.41) is 60.1. The molecule has 2 unspecified atom stereocenters. The molecule has 0 radical (unpaired) electrons. The SMILES string of the molecule is CCc1c2c(n([C@@H]3O[C@H](CN(C(C)C)C4CC(C(C)C(C)c5nc6ccc(C(C)(C)C)cc6n5C)C4)[C@@H](O)[C@H]3O)c[n+]2[O-])[n+]([O-])c[n+]1[O-]. The molecule has 2 fully saturated rings. The van der Waals surface area contributed by atoms with Crippen molar-refractivity contribution < 1.29 is 29.1 Å². The first-order valence-corrected chi connectivity index (χ1v) is 17.2. The predicted molar refractivity (Wildman–Crippen MR) is 179 cm³/mol. The normalized spacial score (nSPS) is 26.2. The second kappa shape index (κ2) is 12.4. The molecule has 6 rings (SSSR count). The number of rotatable bonds is 9. The Hall–Kier alpha value is -3.52. The second-order valence-electron chi connectivity index (χ2n) is 15.4. The first-order valence-electron chi connectivity index (χ1n) is 17.2. The van der Waals surface area contributed by atoms with Crippen LogP contribution in [0.5, 0.6) is 0 Å². The van der Waals surface area contributed by atoms with Crippen molar-refractivity contribution in [3.05, 3.63) is 63.6 Å². The van der Waals surface area contributed by atoms with E-state index < -0.39 is 24.5 Å². The van der Waals surface area contributed by atoms with E-state index in [9.17, 15) is 25.8 Å². The van der Waals surface area contributed by atoms with Crippen LogP contribution in [0.4, 0.5) is 0 Å². The standard InChI is InChI=1S/C35H51N7O6/c1-10-26-29-33(42(47)18-40(26)45)39(17-41(29)46)34-31(44)30(43)28(48-34)16-38(19(2)3)24-13-22(14-24)20(4)21(5)32-36-25-12-11-23(35(6,7)8)15-27(25)37(32)9/h11-12,15,17-22,24,28,30-31,34,43-44H,10,13-14,16H2,1-9H3/t20?,21?,22?,24?,28-,30-,31-,34-/m1/s1. The molecule has 262 valence electrons. The van der Waals surface area contributed by atoms with Crippen LogP contribution in [0.1, 0.15) is 97.5 Å². The molecular weight excluding hydrogens is 614 g/mol. The average molecular weight is 666 g/mol. The van der Waals surface area contributed by atoms with E-state index >= 15 is 0 Å². The van der Waals surface area contributed by atoms with E-state index in [2.05, 4.69) is 83.2 Å². The van der Waals surface area contributed by atoms with Crippen molar-refractivity contribution in [2.75, 3.05) is 6.54 Å². The zero-order chi connectivity index (χ0) is 35.0. The van der Waals surface area contributed by atoms with Gasteiger partial charge >= 0.3 is 12.0 Å². The Kier molecular flexibility index (Phi) is 8.89. The summed E-state index contributed by atoms with van der Waals surface area (Å²) in [5.74, 6) is 2.28. The largest absolute Gasteiger partial charge is 0.710 e. The maximum absolute atomic E-state index is 12.8. The fourth-order valence-corrected chi connectivity index (χ4v) is 7.91. The van der Waals surface area contributed by atoms with Crippen LogP contribution in [0, 0.1) is 27.5 Å². The number of aromatic nitrogens is 6. The lowest BCUT2D eigenvalue weighted by Crippen LogP contribution is -2.53. The van der Waals surface area contributed by atoms with Gasteiger partial charge in [0.2, 0.25) is 0 Å². The summed E-state index contributed by atoms with van der Waals surface area (Å²) in [6.07, 6.45) is -0.419. The van der Waals surface area contributed by atoms with Gasteiger partial charge in [0.15, 0.2) is 11.8 Å². The smallest absolute Gasteiger partial charge is 0.404 e. The van der Waals surface area contributed by atoms with Crippen LogP contribution in [0.25, 0.3) is 22.2 Å². The molecule has 1 aliphatic heterocycles. The van der Waals surface area contributed by atoms with Crippen LogP contribution in [0.2, 0.25) is 0 Å². The predicted octanol–water partition coefficient (Wildman–Crippen LogP) is 2.84. The van der Waals surface area contributed by atoms with Gasteiger partial charge in [-0.3, -0.25) is 4.90 Å². The quantitative estimate of drug-likeness (QED) is 0.204. The number of aryl methyl sites for hydroxylation is 2. The number of aliphatic hydroxyl groups excluding tert-OH is 2. The van der Waals surface area contributed by atoms with E-state index in [0.717, 1.165) is 42.4 Å². The number of ether oxygens (including phenoxy) is 1. The maximum atomic E-state index is 12.8. The molecule has 0 amide bonds. The highest BCUT2D eigenvalue weighted by atomic mass is 16.6. The lowest BCUT2D eigenvalue weighted by Gasteiger charge is -2.48. The Balaban J connectivity index is 1.15. The third-order valence-corrected chi connectivity index (χ3v) is 11.2. The zero-order valence-corrected chi connectivity index (χ0v) is 29.6. The molecule has 0 spiro atoms. The van der Waals surface area contributed by atoms with E-state index in [1.54, 1.807) is 6.92 Å². The molecule has 6 atom stereocenters. The Labute approximate surface area is 281 Å². The summed E-state index contributed by atoms with van der Waals surface area (Å²) in [6, 6.07) is 7.03. The molecule has 4 heterocycles. The third-order valence-electron chi connectivity index (χ3n) is 11.2. The molecular formula is C35H51N7O6. The van der Waals surface area contributed by atoms with Crippen molar-refractivity contribution in [2.24, 2.45) is 18.9 Å². The van der Waals surface area contributed by atoms with Crippen molar-refractivity contribution in [2.45, 2.75) is 123 Å². The monoisotopic (exact) mass is 665 g/mol. The van der Waals surface area contributed by atoms with Gasteiger partial charge in [-0.1, -0.05) is 47.6 Å². The summed E-state index contributed by atoms with van der Waals surface area (Å²) in [7, 11) is 2.12. The van der Waals surface area contributed by atoms with E-state index in [0.29, 0.717) is 32.6 Å². The topological polar surface area (TPSA) is 156 Å². The van der Waals surface area contributed by atoms with Crippen molar-refractivity contribution in [1.29, 1.82) is 0 Å². The van der Waals surface area contributed by atoms with Crippen LogP contribution in [-0.2, 0) is 23.6 Å². The Morgan fingerprint density at radius 1 is 1.04 bits per heavy atom. The fourth-order valence-electron chi connectivity index (χ4n) is 7.91. The van der Waals surface area contributed by atoms with E-state index in [1.165, 1.54) is 10.1 Å². The summed E-state index contributed by atoms with van der Waals surface area (Å²) < 4.78 is 10.8. The molecule has 48 heavy (non-hydrogen) atoms. The molecule has 1 aromatic carbocycles. The average Bonchev–Trinajstić information content (AvgIpc) is 3.61. The van der Waals surface area contributed by atoms with E-state index in [4.69, 9.17) is 9.72 Å². The first-order chi connectivity index (χ1) is 22.5. The van der Waals surface area contributed by atoms with Gasteiger partial charge in [0.1, 0.15) is 18.0 Å². The fraction of sp³-hybridized carbons (Fsp3) is 0.657. The second-order valence-corrected chi connectivity index (χ2v) is 15.4. The summed E-state index contributed by atoms with van der Waals surface area (Å²) in [5.41, 5.74) is 3.49. The number of hydrogen-bond donors (Lipinski definition) is 2. The van der Waals surface area contributed by atoms with Crippen molar-refractivity contribution in [3.63, 3.8) is 0 Å². The molecule has 1 aliphatic carbocycles. The highest BCUT2D eigenvalue weighted by molar-refractivity contribution is 5.77. The van der Waals surface area contributed by atoms with Crippen LogP contribution in [-0.4, -0.2) is 66.2 Å². The van der Waals surface area contributed by atoms with Crippen LogP contribution in [0.3, 0.4) is 0 Å². The number of aliphatic hydroxyl groups is 2. The van der Waals surface area contributed by atoms with Gasteiger partial charge in [-0.05, 0) is 61.6 Å². The Morgan fingerprint density at radius 2 is 1.73 bits per heavy atom. The summed E-state index contributed by atoms with van der Waals surface area (Å²) >= 11 is 0. The molecule has 1 saturated heterocycles. The molecule has 4 aromatic rings. The molecule has 2 N–H and O–H groups in total. The van der Waals surface area contributed by atoms with Crippen molar-refractivity contribution in [3.8, 4) is 0 Å². The van der Waals surface area contributed by atoms with Crippen molar-refractivity contribution >= 4 is 22.2 Å². The van der Waals surface area contributed by atoms with Crippen LogP contribution >= 0.6 is 0 Å². The lowest BCUT2D eigenvalue weighted by molar-refractivity contribution is -0.739. The van der Waals surface area contributed by atoms with Gasteiger partial charge in [-0.15, -0.1) is 9.30 Å². The molecule has 13 heteroatoms. The number of fused-ring (bicyclic) bond motifs is 2. The number of imidazole rings is 2. The van der Waals surface area contributed by atoms with Gasteiger partial charge < -0.3 is 35.1 Å². The highest BCUT2D eigenvalue weighted by Gasteiger charge is 2.51. The maximum Gasteiger partial charge on any atom is 0.404 e. The van der Waals surface area contributed by atoms with E-state index in [1.807, 2.05) is 0 Å². The van der Waals surface area contributed by atoms with Gasteiger partial charge in [0.05, 0.1) is 11.0 Å². The van der Waals surface area contributed by atoms with Gasteiger partial charge in [0.25, 0.3) is 18.1 Å². The van der Waals surface area contributed by atoms with Crippen LogP contribution in [0.15, 0.2) is 30.9 Å².